The minimum Gasteiger partial charge on any atom is -0.390 e. The number of rotatable bonds is 21. The first kappa shape index (κ1) is 44.7. The lowest BCUT2D eigenvalue weighted by Crippen LogP contribution is -2.63. The van der Waals surface area contributed by atoms with Gasteiger partial charge in [0.1, 0.15) is 11.9 Å². The van der Waals surface area contributed by atoms with Gasteiger partial charge in [-0.3, -0.25) is 9.59 Å². The van der Waals surface area contributed by atoms with Gasteiger partial charge in [-0.2, -0.15) is 4.31 Å². The number of fused-ring (bicyclic) bond motifs is 1. The van der Waals surface area contributed by atoms with Crippen molar-refractivity contribution in [1.29, 1.82) is 0 Å². The molecule has 4 rings (SSSR count). The van der Waals surface area contributed by atoms with Crippen molar-refractivity contribution in [2.24, 2.45) is 17.1 Å². The molecule has 3 atom stereocenters. The third-order valence-corrected chi connectivity index (χ3v) is 12.1. The highest BCUT2D eigenvalue weighted by atomic mass is 32.2. The van der Waals surface area contributed by atoms with Crippen LogP contribution in [0.15, 0.2) is 77.7 Å². The van der Waals surface area contributed by atoms with E-state index >= 15 is 0 Å². The van der Waals surface area contributed by atoms with Crippen LogP contribution >= 0.6 is 11.3 Å². The van der Waals surface area contributed by atoms with Crippen molar-refractivity contribution in [3.63, 3.8) is 0 Å². The number of anilines is 1. The molecule has 3 aromatic carbocycles. The zero-order valence-corrected chi connectivity index (χ0v) is 35.2. The summed E-state index contributed by atoms with van der Waals surface area (Å²) < 4.78 is 44.8. The van der Waals surface area contributed by atoms with Gasteiger partial charge in [-0.1, -0.05) is 88.4 Å². The topological polar surface area (TPSA) is 161 Å². The van der Waals surface area contributed by atoms with Crippen LogP contribution < -0.4 is 16.4 Å². The van der Waals surface area contributed by atoms with Crippen LogP contribution in [0.1, 0.15) is 52.2 Å². The van der Waals surface area contributed by atoms with Crippen LogP contribution in [0, 0.1) is 17.2 Å². The molecule has 5 N–H and O–H groups in total. The number of nitrogens with two attached hydrogens (primary N) is 1. The van der Waals surface area contributed by atoms with Gasteiger partial charge in [0.15, 0.2) is 5.13 Å². The maximum atomic E-state index is 14.5. The number of aliphatic hydroxyl groups excluding tert-OH is 1. The molecular formula is C41H58FN7O5S2. The summed E-state index contributed by atoms with van der Waals surface area (Å²) >= 11 is 1.37. The molecule has 2 amide bonds. The molecule has 0 saturated carbocycles. The molecule has 15 heteroatoms. The average molecular weight is 812 g/mol. The van der Waals surface area contributed by atoms with Crippen LogP contribution in [-0.2, 0) is 32.6 Å². The van der Waals surface area contributed by atoms with Crippen molar-refractivity contribution in [3.8, 4) is 0 Å². The summed E-state index contributed by atoms with van der Waals surface area (Å²) in [4.78, 5) is 35.8. The van der Waals surface area contributed by atoms with Gasteiger partial charge in [0, 0.05) is 26.2 Å². The summed E-state index contributed by atoms with van der Waals surface area (Å²) in [6.07, 6.45) is -0.431. The van der Waals surface area contributed by atoms with E-state index in [2.05, 4.69) is 20.5 Å². The molecule has 12 nitrogen and oxygen atoms in total. The molecule has 0 aliphatic rings. The first-order valence-electron chi connectivity index (χ1n) is 18.9. The first-order chi connectivity index (χ1) is 26.4. The smallest absolute Gasteiger partial charge is 0.243 e. The molecule has 0 unspecified atom stereocenters. The number of carbonyl (C=O) groups is 2. The third kappa shape index (κ3) is 12.5. The van der Waals surface area contributed by atoms with Crippen molar-refractivity contribution in [3.05, 3.63) is 89.7 Å². The lowest BCUT2D eigenvalue weighted by molar-refractivity contribution is -0.149. The van der Waals surface area contributed by atoms with Gasteiger partial charge < -0.3 is 31.3 Å². The van der Waals surface area contributed by atoms with Gasteiger partial charge >= 0.3 is 0 Å². The maximum Gasteiger partial charge on any atom is 0.243 e. The maximum absolute atomic E-state index is 14.5. The van der Waals surface area contributed by atoms with Crippen LogP contribution in [0.3, 0.4) is 0 Å². The molecule has 0 radical (unpaired) electrons. The number of nitrogens with zero attached hydrogens (tertiary/aromatic N) is 4. The molecule has 0 bridgehead atoms. The number of aliphatic hydroxyl groups is 1. The molecule has 306 valence electrons. The van der Waals surface area contributed by atoms with Crippen LogP contribution in [0.25, 0.3) is 10.2 Å². The first-order valence-corrected chi connectivity index (χ1v) is 21.2. The van der Waals surface area contributed by atoms with E-state index in [0.29, 0.717) is 20.9 Å². The summed E-state index contributed by atoms with van der Waals surface area (Å²) in [6.45, 7) is 10.4. The number of thiazole rings is 1. The summed E-state index contributed by atoms with van der Waals surface area (Å²) in [5.74, 6) is -1.82. The lowest BCUT2D eigenvalue weighted by atomic mass is 9.83. The molecule has 1 heterocycles. The van der Waals surface area contributed by atoms with Gasteiger partial charge in [0.05, 0.1) is 33.8 Å². The Bertz CT molecular complexity index is 2000. The molecule has 0 fully saturated rings. The zero-order valence-electron chi connectivity index (χ0n) is 33.5. The van der Waals surface area contributed by atoms with Crippen molar-refractivity contribution in [2.45, 2.75) is 77.1 Å². The Morgan fingerprint density at radius 1 is 0.982 bits per heavy atom. The number of primary amides is 1. The van der Waals surface area contributed by atoms with Crippen molar-refractivity contribution < 1.29 is 27.5 Å². The largest absolute Gasteiger partial charge is 0.390 e. The Morgan fingerprint density at radius 2 is 1.68 bits per heavy atom. The number of hydrogen-bond donors (Lipinski definition) is 4. The zero-order chi connectivity index (χ0) is 41.2. The van der Waals surface area contributed by atoms with Crippen LogP contribution in [0.2, 0.25) is 0 Å². The predicted molar refractivity (Wildman–Crippen MR) is 222 cm³/mol. The second-order valence-corrected chi connectivity index (χ2v) is 18.9. The van der Waals surface area contributed by atoms with E-state index in [1.807, 2.05) is 58.3 Å². The van der Waals surface area contributed by atoms with Crippen molar-refractivity contribution in [1.82, 2.24) is 24.4 Å². The predicted octanol–water partition coefficient (Wildman–Crippen LogP) is 4.94. The molecule has 0 aliphatic heterocycles. The van der Waals surface area contributed by atoms with Gasteiger partial charge in [-0.05, 0) is 86.3 Å². The van der Waals surface area contributed by atoms with Crippen molar-refractivity contribution >= 4 is 48.5 Å². The molecular weight excluding hydrogens is 754 g/mol. The molecule has 1 aromatic heterocycles. The number of halogens is 1. The highest BCUT2D eigenvalue weighted by molar-refractivity contribution is 7.89. The number of sulfonamides is 1. The summed E-state index contributed by atoms with van der Waals surface area (Å²) in [7, 11) is -0.152. The summed E-state index contributed by atoms with van der Waals surface area (Å²) in [6, 6.07) is 17.7. The normalized spacial score (nSPS) is 14.0. The standard InChI is InChI=1S/C41H58FN7O5S2/c1-28(2)26-48(56(53,54)32-17-18-33-36(23-32)55-40(46-33)45-19-12-20-47(6)7)27-35(50)34(22-29-13-9-8-10-14-29)49(38(39(43)52)41(3,4)5)37(51)25-44-24-30-15-11-16-31(42)21-30/h8-11,13-18,21,23,28,34-35,38,44,50H,12,19-20,22,24-27H2,1-7H3,(H2,43,52)(H,45,46)/t34-,35+,38+/m0/s1. The Morgan fingerprint density at radius 3 is 2.30 bits per heavy atom. The number of carbonyl (C=O) groups excluding carboxylic acids is 2. The van der Waals surface area contributed by atoms with E-state index in [1.54, 1.807) is 45.0 Å². The van der Waals surface area contributed by atoms with Crippen LogP contribution in [-0.4, -0.2) is 109 Å². The van der Waals surface area contributed by atoms with Crippen LogP contribution in [0.4, 0.5) is 9.52 Å². The highest BCUT2D eigenvalue weighted by Gasteiger charge is 2.44. The average Bonchev–Trinajstić information content (AvgIpc) is 3.53. The Hall–Kier alpha value is -3.99. The van der Waals surface area contributed by atoms with E-state index in [4.69, 9.17) is 5.73 Å². The molecule has 0 aliphatic carbocycles. The Labute approximate surface area is 335 Å². The summed E-state index contributed by atoms with van der Waals surface area (Å²) in [5.41, 5.74) is 7.22. The van der Waals surface area contributed by atoms with Gasteiger partial charge in [0.25, 0.3) is 0 Å². The molecule has 0 spiro atoms. The SMILES string of the molecule is CC(C)CN(C[C@@H](O)[C@H](Cc1ccccc1)N(C(=O)CNCc1cccc(F)c1)[C@H](C(N)=O)C(C)(C)C)S(=O)(=O)c1ccc2nc(NCCCN(C)C)sc2c1. The van der Waals surface area contributed by atoms with E-state index < -0.39 is 51.3 Å². The Balaban J connectivity index is 1.70. The highest BCUT2D eigenvalue weighted by Crippen LogP contribution is 2.32. The number of benzene rings is 3. The van der Waals surface area contributed by atoms with E-state index in [0.717, 1.165) is 25.1 Å². The monoisotopic (exact) mass is 811 g/mol. The van der Waals surface area contributed by atoms with E-state index in [9.17, 15) is 27.5 Å². The van der Waals surface area contributed by atoms with E-state index in [1.165, 1.54) is 38.7 Å². The molecule has 56 heavy (non-hydrogen) atoms. The number of amides is 2. The number of aromatic nitrogens is 1. The van der Waals surface area contributed by atoms with Crippen molar-refractivity contribution in [2.75, 3.05) is 52.1 Å². The fraction of sp³-hybridized carbons (Fsp3) is 0.488. The summed E-state index contributed by atoms with van der Waals surface area (Å²) in [5, 5.41) is 19.4. The molecule has 4 aromatic rings. The third-order valence-electron chi connectivity index (χ3n) is 9.25. The van der Waals surface area contributed by atoms with Gasteiger partial charge in [-0.25, -0.2) is 17.8 Å². The number of hydrogen-bond acceptors (Lipinski definition) is 10. The van der Waals surface area contributed by atoms with Crippen LogP contribution in [0.5, 0.6) is 0 Å². The van der Waals surface area contributed by atoms with E-state index in [-0.39, 0.29) is 43.4 Å². The second kappa shape index (κ2) is 19.9. The Kier molecular flexibility index (Phi) is 15.9. The fourth-order valence-electron chi connectivity index (χ4n) is 6.72. The minimum absolute atomic E-state index is 0.0550. The number of nitrogens with one attached hydrogen (secondary N) is 2. The van der Waals surface area contributed by atoms with Gasteiger partial charge in [0.2, 0.25) is 21.8 Å². The minimum atomic E-state index is -4.18. The quantitative estimate of drug-likeness (QED) is 0.0856. The second-order valence-electron chi connectivity index (χ2n) is 16.0. The lowest BCUT2D eigenvalue weighted by Gasteiger charge is -2.45. The molecule has 0 saturated heterocycles. The fourth-order valence-corrected chi connectivity index (χ4v) is 9.37. The van der Waals surface area contributed by atoms with Gasteiger partial charge in [-0.15, -0.1) is 0 Å².